The third-order valence-corrected chi connectivity index (χ3v) is 5.11. The Balaban J connectivity index is 0.000000202. The second kappa shape index (κ2) is 12.0. The third kappa shape index (κ3) is 6.55. The van der Waals surface area contributed by atoms with Crippen LogP contribution in [0.15, 0.2) is 109 Å². The van der Waals surface area contributed by atoms with E-state index in [1.54, 1.807) is 6.20 Å². The zero-order chi connectivity index (χ0) is 22.2. The summed E-state index contributed by atoms with van der Waals surface area (Å²) in [5.41, 5.74) is 8.92. The molecule has 0 N–H and O–H groups in total. The number of rotatable bonds is 3. The van der Waals surface area contributed by atoms with Gasteiger partial charge in [0.1, 0.15) is 0 Å². The molecule has 1 radical (unpaired) electrons. The van der Waals surface area contributed by atoms with Crippen LogP contribution >= 0.6 is 0 Å². The zero-order valence-electron chi connectivity index (χ0n) is 18.6. The van der Waals surface area contributed by atoms with Crippen LogP contribution in [0.4, 0.5) is 0 Å². The van der Waals surface area contributed by atoms with E-state index in [0.29, 0.717) is 0 Å². The smallest absolute Gasteiger partial charge is 0.0242 e. The van der Waals surface area contributed by atoms with Crippen molar-refractivity contribution in [2.24, 2.45) is 0 Å². The Labute approximate surface area is 209 Å². The van der Waals surface area contributed by atoms with Gasteiger partial charge < -0.3 is 9.97 Å². The SMILES string of the molecule is Cc1ccc(-c2cnc(-c3[c-]cccc3)cc2C)cc1.[Ir].[c-]1ccccc1-c1ccccn1. The summed E-state index contributed by atoms with van der Waals surface area (Å²) >= 11 is 0. The van der Waals surface area contributed by atoms with Crippen LogP contribution in [0.3, 0.4) is 0 Å². The van der Waals surface area contributed by atoms with Crippen molar-refractivity contribution in [1.82, 2.24) is 9.97 Å². The monoisotopic (exact) mass is 605 g/mol. The summed E-state index contributed by atoms with van der Waals surface area (Å²) in [4.78, 5) is 8.80. The Morgan fingerprint density at radius 2 is 1.27 bits per heavy atom. The molecule has 5 rings (SSSR count). The number of aromatic nitrogens is 2. The summed E-state index contributed by atoms with van der Waals surface area (Å²) in [5.74, 6) is 0. The number of pyridine rings is 2. The molecule has 0 unspecified atom stereocenters. The quantitative estimate of drug-likeness (QED) is 0.201. The van der Waals surface area contributed by atoms with Gasteiger partial charge in [-0.15, -0.1) is 71.8 Å². The maximum Gasteiger partial charge on any atom is 0.0242 e. The average molecular weight is 605 g/mol. The average Bonchev–Trinajstić information content (AvgIpc) is 2.87. The van der Waals surface area contributed by atoms with Gasteiger partial charge in [-0.2, -0.15) is 0 Å². The van der Waals surface area contributed by atoms with Crippen LogP contribution < -0.4 is 0 Å². The van der Waals surface area contributed by atoms with Gasteiger partial charge in [0.2, 0.25) is 0 Å². The fraction of sp³-hybridized carbons (Fsp3) is 0.0667. The minimum Gasteiger partial charge on any atom is -0.305 e. The molecule has 0 saturated heterocycles. The first-order valence-electron chi connectivity index (χ1n) is 10.6. The molecular weight excluding hydrogens is 581 g/mol. The van der Waals surface area contributed by atoms with Gasteiger partial charge in [-0.05, 0) is 42.4 Å². The molecule has 2 heterocycles. The first-order valence-corrected chi connectivity index (χ1v) is 10.6. The summed E-state index contributed by atoms with van der Waals surface area (Å²) in [6, 6.07) is 38.6. The molecule has 3 aromatic carbocycles. The summed E-state index contributed by atoms with van der Waals surface area (Å²) in [6.45, 7) is 4.23. The van der Waals surface area contributed by atoms with Gasteiger partial charge in [-0.3, -0.25) is 0 Å². The standard InChI is InChI=1S/C19H16N.C11H8N.Ir/c1-14-8-10-16(11-9-14)18-13-20-19(12-15(18)2)17-6-4-3-5-7-17;1-2-6-10(7-3-1)11-8-4-5-9-12-11;/h3-6,8-13H,1-2H3;1-6,8-9H;/q2*-1;. The number of hydrogen-bond acceptors (Lipinski definition) is 2. The maximum atomic E-state index is 4.58. The van der Waals surface area contributed by atoms with Crippen molar-refractivity contribution in [3.05, 3.63) is 133 Å². The van der Waals surface area contributed by atoms with Crippen molar-refractivity contribution in [3.8, 4) is 33.6 Å². The van der Waals surface area contributed by atoms with E-state index in [1.165, 1.54) is 22.3 Å². The Hall–Kier alpha value is -3.39. The fourth-order valence-electron chi connectivity index (χ4n) is 3.37. The molecule has 0 amide bonds. The fourth-order valence-corrected chi connectivity index (χ4v) is 3.37. The second-order valence-electron chi connectivity index (χ2n) is 7.52. The van der Waals surface area contributed by atoms with Crippen molar-refractivity contribution in [3.63, 3.8) is 0 Å². The van der Waals surface area contributed by atoms with E-state index in [4.69, 9.17) is 0 Å². The van der Waals surface area contributed by atoms with Gasteiger partial charge in [0.05, 0.1) is 0 Å². The van der Waals surface area contributed by atoms with E-state index < -0.39 is 0 Å². The van der Waals surface area contributed by atoms with Crippen LogP contribution in [0.25, 0.3) is 33.6 Å². The minimum absolute atomic E-state index is 0. The third-order valence-electron chi connectivity index (χ3n) is 5.11. The molecule has 2 nitrogen and oxygen atoms in total. The normalized spacial score (nSPS) is 9.88. The number of nitrogens with zero attached hydrogens (tertiary/aromatic N) is 2. The molecule has 3 heteroatoms. The van der Waals surface area contributed by atoms with E-state index in [0.717, 1.165) is 22.5 Å². The summed E-state index contributed by atoms with van der Waals surface area (Å²) < 4.78 is 0. The van der Waals surface area contributed by atoms with Crippen molar-refractivity contribution < 1.29 is 20.1 Å². The topological polar surface area (TPSA) is 25.8 Å². The molecule has 33 heavy (non-hydrogen) atoms. The van der Waals surface area contributed by atoms with Gasteiger partial charge in [0.15, 0.2) is 0 Å². The van der Waals surface area contributed by atoms with Crippen molar-refractivity contribution >= 4 is 0 Å². The molecule has 0 atom stereocenters. The van der Waals surface area contributed by atoms with Crippen LogP contribution in [0.2, 0.25) is 0 Å². The molecule has 0 fully saturated rings. The molecule has 0 bridgehead atoms. The molecule has 5 aromatic rings. The molecule has 0 aliphatic rings. The Morgan fingerprint density at radius 3 is 1.82 bits per heavy atom. The van der Waals surface area contributed by atoms with Gasteiger partial charge in [-0.25, -0.2) is 0 Å². The first kappa shape index (κ1) is 24.3. The van der Waals surface area contributed by atoms with Crippen LogP contribution in [0.1, 0.15) is 11.1 Å². The number of aryl methyl sites for hydroxylation is 2. The van der Waals surface area contributed by atoms with Crippen LogP contribution in [0.5, 0.6) is 0 Å². The number of hydrogen-bond donors (Lipinski definition) is 0. The summed E-state index contributed by atoms with van der Waals surface area (Å²) in [6.07, 6.45) is 3.74. The van der Waals surface area contributed by atoms with Crippen molar-refractivity contribution in [1.29, 1.82) is 0 Å². The zero-order valence-corrected chi connectivity index (χ0v) is 21.0. The predicted octanol–water partition coefficient (Wildman–Crippen LogP) is 7.38. The van der Waals surface area contributed by atoms with Gasteiger partial charge in [0, 0.05) is 38.1 Å². The first-order chi connectivity index (χ1) is 15.7. The Bertz CT molecular complexity index is 1220. The molecule has 165 valence electrons. The second-order valence-corrected chi connectivity index (χ2v) is 7.52. The van der Waals surface area contributed by atoms with Gasteiger partial charge in [0.25, 0.3) is 0 Å². The van der Waals surface area contributed by atoms with Crippen molar-refractivity contribution in [2.75, 3.05) is 0 Å². The maximum absolute atomic E-state index is 4.58. The molecular formula is C30H24IrN2-2. The molecule has 0 saturated carbocycles. The molecule has 0 spiro atoms. The van der Waals surface area contributed by atoms with E-state index in [-0.39, 0.29) is 20.1 Å². The van der Waals surface area contributed by atoms with Gasteiger partial charge >= 0.3 is 0 Å². The van der Waals surface area contributed by atoms with Crippen molar-refractivity contribution in [2.45, 2.75) is 13.8 Å². The molecule has 0 aliphatic carbocycles. The van der Waals surface area contributed by atoms with Crippen LogP contribution in [-0.2, 0) is 20.1 Å². The minimum atomic E-state index is 0. The van der Waals surface area contributed by atoms with Crippen LogP contribution in [-0.4, -0.2) is 9.97 Å². The summed E-state index contributed by atoms with van der Waals surface area (Å²) in [5, 5.41) is 0. The van der Waals surface area contributed by atoms with E-state index in [2.05, 4.69) is 66.3 Å². The van der Waals surface area contributed by atoms with E-state index in [1.807, 2.05) is 72.9 Å². The van der Waals surface area contributed by atoms with E-state index in [9.17, 15) is 0 Å². The number of benzene rings is 3. The molecule has 2 aromatic heterocycles. The molecule has 0 aliphatic heterocycles. The van der Waals surface area contributed by atoms with E-state index >= 15 is 0 Å². The van der Waals surface area contributed by atoms with Crippen LogP contribution in [0, 0.1) is 26.0 Å². The largest absolute Gasteiger partial charge is 0.305 e. The van der Waals surface area contributed by atoms with Gasteiger partial charge in [-0.1, -0.05) is 48.0 Å². The Kier molecular flexibility index (Phi) is 8.83. The summed E-state index contributed by atoms with van der Waals surface area (Å²) in [7, 11) is 0. The Morgan fingerprint density at radius 1 is 0.636 bits per heavy atom. The predicted molar refractivity (Wildman–Crippen MR) is 132 cm³/mol.